The Morgan fingerprint density at radius 3 is 2.73 bits per heavy atom. The summed E-state index contributed by atoms with van der Waals surface area (Å²) in [6.45, 7) is 2.73. The van der Waals surface area contributed by atoms with Crippen LogP contribution in [-0.4, -0.2) is 36.8 Å². The van der Waals surface area contributed by atoms with Gasteiger partial charge in [0.1, 0.15) is 17.3 Å². The molecule has 2 heterocycles. The molecule has 1 aliphatic rings. The second-order valence-corrected chi connectivity index (χ2v) is 5.50. The molecule has 1 atom stereocenters. The molecular formula is C17H21N3O2. The summed E-state index contributed by atoms with van der Waals surface area (Å²) in [5, 5.41) is 0. The molecular weight excluding hydrogens is 278 g/mol. The summed E-state index contributed by atoms with van der Waals surface area (Å²) >= 11 is 0. The average Bonchev–Trinajstić information content (AvgIpc) is 2.61. The van der Waals surface area contributed by atoms with Crippen molar-refractivity contribution in [2.24, 2.45) is 5.92 Å². The van der Waals surface area contributed by atoms with Crippen LogP contribution in [0.4, 0.5) is 5.82 Å². The highest BCUT2D eigenvalue weighted by Gasteiger charge is 2.21. The highest BCUT2D eigenvalue weighted by atomic mass is 16.5. The van der Waals surface area contributed by atoms with Crippen molar-refractivity contribution >= 4 is 5.82 Å². The second kappa shape index (κ2) is 7.11. The molecule has 5 heteroatoms. The first kappa shape index (κ1) is 14.6. The quantitative estimate of drug-likeness (QED) is 0.849. The van der Waals surface area contributed by atoms with Gasteiger partial charge >= 0.3 is 0 Å². The fourth-order valence-corrected chi connectivity index (χ4v) is 2.75. The molecule has 5 nitrogen and oxygen atoms in total. The zero-order valence-electron chi connectivity index (χ0n) is 12.8. The Kier molecular flexibility index (Phi) is 4.73. The number of hydrogen-bond donors (Lipinski definition) is 0. The Balaban J connectivity index is 1.54. The maximum atomic E-state index is 5.91. The highest BCUT2D eigenvalue weighted by Crippen LogP contribution is 2.23. The zero-order chi connectivity index (χ0) is 15.2. The minimum atomic E-state index is 0.512. The normalized spacial score (nSPS) is 18.0. The number of nitrogens with zero attached hydrogens (tertiary/aromatic N) is 3. The van der Waals surface area contributed by atoms with Gasteiger partial charge in [-0.2, -0.15) is 0 Å². The molecule has 1 aliphatic heterocycles. The minimum Gasteiger partial charge on any atom is -0.497 e. The summed E-state index contributed by atoms with van der Waals surface area (Å²) in [7, 11) is 1.67. The first-order valence-electron chi connectivity index (χ1n) is 7.63. The summed E-state index contributed by atoms with van der Waals surface area (Å²) in [4.78, 5) is 10.8. The van der Waals surface area contributed by atoms with E-state index in [0.717, 1.165) is 43.4 Å². The van der Waals surface area contributed by atoms with Crippen LogP contribution in [0.5, 0.6) is 11.5 Å². The van der Waals surface area contributed by atoms with Crippen molar-refractivity contribution in [3.63, 3.8) is 0 Å². The number of piperidine rings is 1. The van der Waals surface area contributed by atoms with Crippen LogP contribution < -0.4 is 14.4 Å². The van der Waals surface area contributed by atoms with Gasteiger partial charge in [0.15, 0.2) is 0 Å². The van der Waals surface area contributed by atoms with Gasteiger partial charge in [-0.25, -0.2) is 4.98 Å². The zero-order valence-corrected chi connectivity index (χ0v) is 12.8. The van der Waals surface area contributed by atoms with Crippen molar-refractivity contribution < 1.29 is 9.47 Å². The number of ether oxygens (including phenoxy) is 2. The van der Waals surface area contributed by atoms with Crippen LogP contribution in [0.2, 0.25) is 0 Å². The van der Waals surface area contributed by atoms with Gasteiger partial charge in [-0.1, -0.05) is 0 Å². The number of rotatable bonds is 5. The second-order valence-electron chi connectivity index (χ2n) is 5.50. The Hall–Kier alpha value is -2.30. The van der Waals surface area contributed by atoms with E-state index >= 15 is 0 Å². The van der Waals surface area contributed by atoms with Gasteiger partial charge in [0.05, 0.1) is 19.9 Å². The lowest BCUT2D eigenvalue weighted by atomic mass is 9.99. The van der Waals surface area contributed by atoms with E-state index in [1.807, 2.05) is 30.5 Å². The Morgan fingerprint density at radius 2 is 2.00 bits per heavy atom. The number of hydrogen-bond acceptors (Lipinski definition) is 5. The Bertz CT molecular complexity index is 574. The molecule has 0 N–H and O–H groups in total. The van der Waals surface area contributed by atoms with Gasteiger partial charge in [0, 0.05) is 31.4 Å². The molecule has 22 heavy (non-hydrogen) atoms. The van der Waals surface area contributed by atoms with Crippen LogP contribution in [0.25, 0.3) is 0 Å². The lowest BCUT2D eigenvalue weighted by Crippen LogP contribution is -2.38. The number of aromatic nitrogens is 2. The van der Waals surface area contributed by atoms with Crippen LogP contribution in [0.1, 0.15) is 12.8 Å². The summed E-state index contributed by atoms with van der Waals surface area (Å²) in [6, 6.07) is 7.73. The molecule has 3 rings (SSSR count). The van der Waals surface area contributed by atoms with Crippen molar-refractivity contribution in [2.45, 2.75) is 12.8 Å². The number of anilines is 1. The largest absolute Gasteiger partial charge is 0.497 e. The third-order valence-corrected chi connectivity index (χ3v) is 3.94. The van der Waals surface area contributed by atoms with Crippen molar-refractivity contribution in [3.8, 4) is 11.5 Å². The molecule has 0 aliphatic carbocycles. The maximum absolute atomic E-state index is 5.91. The highest BCUT2D eigenvalue weighted by molar-refractivity contribution is 5.35. The molecule has 1 aromatic heterocycles. The van der Waals surface area contributed by atoms with Crippen molar-refractivity contribution in [1.29, 1.82) is 0 Å². The van der Waals surface area contributed by atoms with Crippen LogP contribution >= 0.6 is 0 Å². The van der Waals surface area contributed by atoms with Crippen molar-refractivity contribution in [1.82, 2.24) is 9.97 Å². The van der Waals surface area contributed by atoms with E-state index in [0.29, 0.717) is 5.92 Å². The van der Waals surface area contributed by atoms with Gasteiger partial charge < -0.3 is 14.4 Å². The molecule has 0 unspecified atom stereocenters. The predicted octanol–water partition coefficient (Wildman–Crippen LogP) is 2.78. The fraction of sp³-hybridized carbons (Fsp3) is 0.412. The third-order valence-electron chi connectivity index (χ3n) is 3.94. The number of benzene rings is 1. The molecule has 2 aromatic rings. The maximum Gasteiger partial charge on any atom is 0.147 e. The summed E-state index contributed by atoms with van der Waals surface area (Å²) in [5.74, 6) is 3.20. The lowest BCUT2D eigenvalue weighted by Gasteiger charge is -2.33. The Morgan fingerprint density at radius 1 is 1.18 bits per heavy atom. The molecule has 1 aromatic carbocycles. The Labute approximate surface area is 130 Å². The molecule has 1 fully saturated rings. The van der Waals surface area contributed by atoms with E-state index in [4.69, 9.17) is 9.47 Å². The van der Waals surface area contributed by atoms with Crippen LogP contribution in [0.15, 0.2) is 42.9 Å². The van der Waals surface area contributed by atoms with Crippen molar-refractivity contribution in [2.75, 3.05) is 31.7 Å². The predicted molar refractivity (Wildman–Crippen MR) is 85.5 cm³/mol. The SMILES string of the molecule is COc1ccc(OC[C@H]2CCCN(c3cnccn3)C2)cc1. The smallest absolute Gasteiger partial charge is 0.147 e. The van der Waals surface area contributed by atoms with Crippen LogP contribution in [-0.2, 0) is 0 Å². The van der Waals surface area contributed by atoms with E-state index in [9.17, 15) is 0 Å². The average molecular weight is 299 g/mol. The van der Waals surface area contributed by atoms with Gasteiger partial charge in [-0.15, -0.1) is 0 Å². The van der Waals surface area contributed by atoms with Gasteiger partial charge in [-0.3, -0.25) is 4.98 Å². The topological polar surface area (TPSA) is 47.5 Å². The van der Waals surface area contributed by atoms with E-state index in [1.54, 1.807) is 19.5 Å². The number of methoxy groups -OCH3 is 1. The van der Waals surface area contributed by atoms with Gasteiger partial charge in [0.2, 0.25) is 0 Å². The van der Waals surface area contributed by atoms with Crippen molar-refractivity contribution in [3.05, 3.63) is 42.9 Å². The third kappa shape index (κ3) is 3.67. The summed E-state index contributed by atoms with van der Waals surface area (Å²) < 4.78 is 11.1. The van der Waals surface area contributed by atoms with E-state index in [2.05, 4.69) is 14.9 Å². The monoisotopic (exact) mass is 299 g/mol. The molecule has 0 radical (unpaired) electrons. The van der Waals surface area contributed by atoms with Crippen LogP contribution in [0.3, 0.4) is 0 Å². The van der Waals surface area contributed by atoms with Crippen LogP contribution in [0, 0.1) is 5.92 Å². The lowest BCUT2D eigenvalue weighted by molar-refractivity contribution is 0.228. The van der Waals surface area contributed by atoms with Gasteiger partial charge in [0.25, 0.3) is 0 Å². The molecule has 0 bridgehead atoms. The first-order valence-corrected chi connectivity index (χ1v) is 7.63. The first-order chi connectivity index (χ1) is 10.8. The van der Waals surface area contributed by atoms with E-state index < -0.39 is 0 Å². The summed E-state index contributed by atoms with van der Waals surface area (Å²) in [5.41, 5.74) is 0. The van der Waals surface area contributed by atoms with E-state index in [-0.39, 0.29) is 0 Å². The molecule has 116 valence electrons. The fourth-order valence-electron chi connectivity index (χ4n) is 2.75. The minimum absolute atomic E-state index is 0.512. The van der Waals surface area contributed by atoms with Gasteiger partial charge in [-0.05, 0) is 37.1 Å². The molecule has 1 saturated heterocycles. The molecule has 0 saturated carbocycles. The molecule has 0 spiro atoms. The standard InChI is InChI=1S/C17H21N3O2/c1-21-15-4-6-16(7-5-15)22-13-14-3-2-10-20(12-14)17-11-18-8-9-19-17/h4-9,11,14H,2-3,10,12-13H2,1H3/t14-/m0/s1. The molecule has 0 amide bonds. The summed E-state index contributed by atoms with van der Waals surface area (Å²) in [6.07, 6.45) is 7.62. The van der Waals surface area contributed by atoms with E-state index in [1.165, 1.54) is 6.42 Å².